The van der Waals surface area contributed by atoms with Crippen LogP contribution in [-0.2, 0) is 16.1 Å². The summed E-state index contributed by atoms with van der Waals surface area (Å²) in [5.41, 5.74) is 0.918. The van der Waals surface area contributed by atoms with Crippen LogP contribution >= 0.6 is 0 Å². The minimum atomic E-state index is -0.754. The van der Waals surface area contributed by atoms with E-state index in [4.69, 9.17) is 14.2 Å². The first kappa shape index (κ1) is 23.6. The fraction of sp³-hybridized carbons (Fsp3) is 0.185. The number of esters is 1. The molecule has 0 aliphatic rings. The first-order valence-electron chi connectivity index (χ1n) is 10.5. The number of ether oxygens (including phenoxy) is 3. The van der Waals surface area contributed by atoms with Gasteiger partial charge in [0.25, 0.3) is 0 Å². The van der Waals surface area contributed by atoms with Crippen LogP contribution in [0.1, 0.15) is 31.9 Å². The Kier molecular flexibility index (Phi) is 7.86. The quantitative estimate of drug-likeness (QED) is 0.285. The van der Waals surface area contributed by atoms with Gasteiger partial charge in [0.15, 0.2) is 11.5 Å². The zero-order chi connectivity index (χ0) is 23.7. The summed E-state index contributed by atoms with van der Waals surface area (Å²) in [6, 6.07) is 25.7. The van der Waals surface area contributed by atoms with Crippen molar-refractivity contribution in [1.82, 2.24) is 5.32 Å². The molecule has 0 saturated heterocycles. The number of benzene rings is 3. The van der Waals surface area contributed by atoms with Crippen LogP contribution in [0.4, 0.5) is 4.79 Å². The van der Waals surface area contributed by atoms with E-state index in [0.717, 1.165) is 5.56 Å². The normalized spacial score (nSPS) is 11.4. The van der Waals surface area contributed by atoms with E-state index in [-0.39, 0.29) is 11.4 Å². The van der Waals surface area contributed by atoms with Crippen LogP contribution in [0.5, 0.6) is 11.5 Å². The van der Waals surface area contributed by atoms with Crippen LogP contribution < -0.4 is 14.8 Å². The fourth-order valence-electron chi connectivity index (χ4n) is 2.82. The molecule has 0 aromatic heterocycles. The van der Waals surface area contributed by atoms with E-state index in [9.17, 15) is 9.59 Å². The van der Waals surface area contributed by atoms with Crippen molar-refractivity contribution in [2.75, 3.05) is 0 Å². The van der Waals surface area contributed by atoms with Crippen molar-refractivity contribution in [3.05, 3.63) is 102 Å². The maximum atomic E-state index is 13.0. The van der Waals surface area contributed by atoms with Gasteiger partial charge in [-0.25, -0.2) is 9.59 Å². The van der Waals surface area contributed by atoms with E-state index >= 15 is 0 Å². The summed E-state index contributed by atoms with van der Waals surface area (Å²) < 4.78 is 16.8. The number of carbonyl (C=O) groups is 2. The minimum absolute atomic E-state index is 0.0617. The maximum absolute atomic E-state index is 13.0. The Labute approximate surface area is 193 Å². The monoisotopic (exact) mass is 445 g/mol. The van der Waals surface area contributed by atoms with E-state index in [2.05, 4.69) is 5.32 Å². The number of carbonyl (C=O) groups excluding carboxylic acids is 2. The predicted molar refractivity (Wildman–Crippen MR) is 127 cm³/mol. The third-order valence-electron chi connectivity index (χ3n) is 4.26. The van der Waals surface area contributed by atoms with E-state index in [1.165, 1.54) is 6.08 Å². The Bertz CT molecular complexity index is 1100. The van der Waals surface area contributed by atoms with Gasteiger partial charge in [-0.2, -0.15) is 0 Å². The van der Waals surface area contributed by atoms with Crippen LogP contribution in [-0.4, -0.2) is 17.7 Å². The molecule has 33 heavy (non-hydrogen) atoms. The standard InChI is InChI=1S/C27H27NO5/c1-27(2,3)33-26(30)28-22(18-20-12-6-4-7-13-20)25(29)32-24-17-11-10-16-23(24)31-19-21-14-8-5-9-15-21/h4-18H,19H2,1-3H3,(H,28,30)/b22-18-. The molecule has 6 nitrogen and oxygen atoms in total. The number of nitrogens with one attached hydrogen (secondary N) is 1. The van der Waals surface area contributed by atoms with Gasteiger partial charge in [0, 0.05) is 0 Å². The van der Waals surface area contributed by atoms with Crippen LogP contribution in [0.25, 0.3) is 6.08 Å². The molecule has 1 amide bonds. The van der Waals surface area contributed by atoms with Crippen molar-refractivity contribution in [2.24, 2.45) is 0 Å². The summed E-state index contributed by atoms with van der Waals surface area (Å²) in [7, 11) is 0. The number of para-hydroxylation sites is 2. The molecule has 0 bridgehead atoms. The predicted octanol–water partition coefficient (Wildman–Crippen LogP) is 5.74. The molecule has 0 fully saturated rings. The molecule has 0 aliphatic heterocycles. The summed E-state index contributed by atoms with van der Waals surface area (Å²) in [6.07, 6.45) is 0.773. The zero-order valence-electron chi connectivity index (χ0n) is 18.9. The van der Waals surface area contributed by atoms with Gasteiger partial charge < -0.3 is 14.2 Å². The molecule has 0 heterocycles. The van der Waals surface area contributed by atoms with Gasteiger partial charge in [0.2, 0.25) is 0 Å². The van der Waals surface area contributed by atoms with Crippen molar-refractivity contribution >= 4 is 18.1 Å². The third kappa shape index (κ3) is 7.85. The lowest BCUT2D eigenvalue weighted by molar-refractivity contribution is -0.130. The number of rotatable bonds is 7. The fourth-order valence-corrected chi connectivity index (χ4v) is 2.82. The van der Waals surface area contributed by atoms with Gasteiger partial charge in [-0.15, -0.1) is 0 Å². The molecule has 0 unspecified atom stereocenters. The van der Waals surface area contributed by atoms with Gasteiger partial charge in [-0.3, -0.25) is 5.32 Å². The third-order valence-corrected chi connectivity index (χ3v) is 4.26. The molecule has 6 heteroatoms. The minimum Gasteiger partial charge on any atom is -0.485 e. The second-order valence-electron chi connectivity index (χ2n) is 8.21. The molecular formula is C27H27NO5. The molecule has 3 aromatic carbocycles. The average molecular weight is 446 g/mol. The molecule has 0 radical (unpaired) electrons. The zero-order valence-corrected chi connectivity index (χ0v) is 18.9. The topological polar surface area (TPSA) is 73.9 Å². The number of hydrogen-bond acceptors (Lipinski definition) is 5. The maximum Gasteiger partial charge on any atom is 0.412 e. The van der Waals surface area contributed by atoms with Crippen LogP contribution in [0.2, 0.25) is 0 Å². The van der Waals surface area contributed by atoms with Gasteiger partial charge in [-0.05, 0) is 50.1 Å². The van der Waals surface area contributed by atoms with Crippen LogP contribution in [0.3, 0.4) is 0 Å². The largest absolute Gasteiger partial charge is 0.485 e. The second kappa shape index (κ2) is 11.0. The summed E-state index contributed by atoms with van der Waals surface area (Å²) in [4.78, 5) is 25.4. The highest BCUT2D eigenvalue weighted by atomic mass is 16.6. The lowest BCUT2D eigenvalue weighted by atomic mass is 10.2. The Balaban J connectivity index is 1.79. The summed E-state index contributed by atoms with van der Waals surface area (Å²) >= 11 is 0. The van der Waals surface area contributed by atoms with Gasteiger partial charge >= 0.3 is 12.1 Å². The summed E-state index contributed by atoms with van der Waals surface area (Å²) in [6.45, 7) is 5.54. The lowest BCUT2D eigenvalue weighted by Gasteiger charge is -2.20. The Hall–Kier alpha value is -4.06. The molecule has 170 valence electrons. The van der Waals surface area contributed by atoms with Crippen molar-refractivity contribution < 1.29 is 23.8 Å². The van der Waals surface area contributed by atoms with E-state index < -0.39 is 17.7 Å². The number of hydrogen-bond donors (Lipinski definition) is 1. The number of amides is 1. The first-order chi connectivity index (χ1) is 15.8. The molecule has 0 saturated carbocycles. The molecule has 0 atom stereocenters. The summed E-state index contributed by atoms with van der Waals surface area (Å²) in [5.74, 6) is -0.102. The molecule has 0 aliphatic carbocycles. The van der Waals surface area contributed by atoms with E-state index in [1.54, 1.807) is 57.2 Å². The highest BCUT2D eigenvalue weighted by Gasteiger charge is 2.22. The lowest BCUT2D eigenvalue weighted by Crippen LogP contribution is -2.35. The Morgan fingerprint density at radius 1 is 0.818 bits per heavy atom. The molecule has 3 rings (SSSR count). The van der Waals surface area contributed by atoms with E-state index in [0.29, 0.717) is 17.9 Å². The first-order valence-corrected chi connectivity index (χ1v) is 10.5. The van der Waals surface area contributed by atoms with Crippen molar-refractivity contribution in [3.63, 3.8) is 0 Å². The second-order valence-corrected chi connectivity index (χ2v) is 8.21. The Morgan fingerprint density at radius 2 is 1.39 bits per heavy atom. The SMILES string of the molecule is CC(C)(C)OC(=O)N/C(=C\c1ccccc1)C(=O)Oc1ccccc1OCc1ccccc1. The van der Waals surface area contributed by atoms with Crippen LogP contribution in [0.15, 0.2) is 90.6 Å². The Morgan fingerprint density at radius 3 is 2.03 bits per heavy atom. The smallest absolute Gasteiger partial charge is 0.412 e. The molecule has 1 N–H and O–H groups in total. The highest BCUT2D eigenvalue weighted by molar-refractivity contribution is 5.98. The van der Waals surface area contributed by atoms with E-state index in [1.807, 2.05) is 48.5 Å². The molecule has 3 aromatic rings. The van der Waals surface area contributed by atoms with Crippen molar-refractivity contribution in [2.45, 2.75) is 33.0 Å². The highest BCUT2D eigenvalue weighted by Crippen LogP contribution is 2.28. The van der Waals surface area contributed by atoms with Gasteiger partial charge in [0.1, 0.15) is 17.9 Å². The summed E-state index contributed by atoms with van der Waals surface area (Å²) in [5, 5.41) is 2.50. The average Bonchev–Trinajstić information content (AvgIpc) is 2.78. The number of alkyl carbamates (subject to hydrolysis) is 1. The van der Waals surface area contributed by atoms with Crippen LogP contribution in [0, 0.1) is 0 Å². The van der Waals surface area contributed by atoms with Crippen molar-refractivity contribution in [3.8, 4) is 11.5 Å². The molecule has 0 spiro atoms. The van der Waals surface area contributed by atoms with Gasteiger partial charge in [0.05, 0.1) is 0 Å². The molecular weight excluding hydrogens is 418 g/mol. The van der Waals surface area contributed by atoms with Crippen molar-refractivity contribution in [1.29, 1.82) is 0 Å². The van der Waals surface area contributed by atoms with Gasteiger partial charge in [-0.1, -0.05) is 72.8 Å².